The van der Waals surface area contributed by atoms with E-state index in [1.165, 1.54) is 37.9 Å². The summed E-state index contributed by atoms with van der Waals surface area (Å²) in [6.45, 7) is 4.81. The predicted octanol–water partition coefficient (Wildman–Crippen LogP) is 2.58. The van der Waals surface area contributed by atoms with E-state index in [1.807, 2.05) is 12.1 Å². The number of benzene rings is 1. The van der Waals surface area contributed by atoms with Crippen LogP contribution in [-0.4, -0.2) is 37.2 Å². The van der Waals surface area contributed by atoms with Gasteiger partial charge in [0.25, 0.3) is 0 Å². The maximum atomic E-state index is 5.47. The van der Waals surface area contributed by atoms with Crippen molar-refractivity contribution in [3.8, 4) is 5.75 Å². The molecule has 0 amide bonds. The molecular formula is C16H24N2O. The number of ether oxygens (including phenoxy) is 1. The molecule has 0 radical (unpaired) electrons. The van der Waals surface area contributed by atoms with E-state index in [0.717, 1.165) is 11.8 Å². The van der Waals surface area contributed by atoms with Gasteiger partial charge in [-0.2, -0.15) is 0 Å². The molecule has 104 valence electrons. The molecule has 3 rings (SSSR count). The number of rotatable bonds is 4. The van der Waals surface area contributed by atoms with Gasteiger partial charge in [0.05, 0.1) is 7.11 Å². The summed E-state index contributed by atoms with van der Waals surface area (Å²) in [6, 6.07) is 10.1. The number of nitrogens with zero attached hydrogens (tertiary/aromatic N) is 1. The molecule has 2 heterocycles. The molecule has 3 unspecified atom stereocenters. The van der Waals surface area contributed by atoms with Crippen LogP contribution in [0.25, 0.3) is 0 Å². The van der Waals surface area contributed by atoms with E-state index in [1.54, 1.807) is 7.11 Å². The quantitative estimate of drug-likeness (QED) is 0.900. The lowest BCUT2D eigenvalue weighted by Gasteiger charge is -2.26. The highest BCUT2D eigenvalue weighted by molar-refractivity contribution is 5.35. The van der Waals surface area contributed by atoms with E-state index in [9.17, 15) is 0 Å². The zero-order valence-corrected chi connectivity index (χ0v) is 11.9. The molecule has 3 nitrogen and oxygen atoms in total. The van der Waals surface area contributed by atoms with Crippen molar-refractivity contribution in [2.75, 3.05) is 20.2 Å². The molecule has 2 aliphatic rings. The van der Waals surface area contributed by atoms with Crippen LogP contribution in [0.4, 0.5) is 0 Å². The average Bonchev–Trinajstić information content (AvgIpc) is 3.03. The van der Waals surface area contributed by atoms with Crippen molar-refractivity contribution >= 4 is 0 Å². The lowest BCUT2D eigenvalue weighted by Crippen LogP contribution is -2.40. The molecule has 0 aromatic heterocycles. The van der Waals surface area contributed by atoms with Crippen molar-refractivity contribution in [3.63, 3.8) is 0 Å². The Hall–Kier alpha value is -1.06. The van der Waals surface area contributed by atoms with Gasteiger partial charge in [0.15, 0.2) is 0 Å². The Morgan fingerprint density at radius 2 is 2.11 bits per heavy atom. The maximum Gasteiger partial charge on any atom is 0.123 e. The Labute approximate surface area is 115 Å². The van der Waals surface area contributed by atoms with Crippen LogP contribution in [0.2, 0.25) is 0 Å². The zero-order chi connectivity index (χ0) is 13.2. The normalized spacial score (nSPS) is 28.3. The zero-order valence-electron chi connectivity index (χ0n) is 11.9. The fourth-order valence-corrected chi connectivity index (χ4v) is 3.71. The molecule has 0 spiro atoms. The number of hydrogen-bond donors (Lipinski definition) is 1. The third-order valence-electron chi connectivity index (χ3n) is 4.68. The molecule has 2 saturated heterocycles. The van der Waals surface area contributed by atoms with E-state index < -0.39 is 0 Å². The molecule has 1 aromatic carbocycles. The first-order valence-corrected chi connectivity index (χ1v) is 7.42. The van der Waals surface area contributed by atoms with Crippen LogP contribution in [0, 0.1) is 0 Å². The predicted molar refractivity (Wildman–Crippen MR) is 77.5 cm³/mol. The van der Waals surface area contributed by atoms with Crippen molar-refractivity contribution in [2.45, 2.75) is 44.3 Å². The number of fused-ring (bicyclic) bond motifs is 1. The Morgan fingerprint density at radius 3 is 2.95 bits per heavy atom. The fraction of sp³-hybridized carbons (Fsp3) is 0.625. The largest absolute Gasteiger partial charge is 0.496 e. The van der Waals surface area contributed by atoms with Crippen LogP contribution in [0.5, 0.6) is 5.75 Å². The molecule has 3 atom stereocenters. The van der Waals surface area contributed by atoms with Crippen LogP contribution < -0.4 is 10.1 Å². The molecule has 19 heavy (non-hydrogen) atoms. The van der Waals surface area contributed by atoms with Crippen LogP contribution in [0.1, 0.15) is 37.8 Å². The van der Waals surface area contributed by atoms with E-state index in [-0.39, 0.29) is 0 Å². The minimum Gasteiger partial charge on any atom is -0.496 e. The van der Waals surface area contributed by atoms with Gasteiger partial charge in [0.1, 0.15) is 5.75 Å². The van der Waals surface area contributed by atoms with Crippen molar-refractivity contribution in [2.24, 2.45) is 0 Å². The van der Waals surface area contributed by atoms with Crippen molar-refractivity contribution in [1.82, 2.24) is 10.2 Å². The topological polar surface area (TPSA) is 24.5 Å². The van der Waals surface area contributed by atoms with E-state index in [0.29, 0.717) is 12.1 Å². The maximum absolute atomic E-state index is 5.47. The monoisotopic (exact) mass is 260 g/mol. The van der Waals surface area contributed by atoms with E-state index in [4.69, 9.17) is 4.74 Å². The lowest BCUT2D eigenvalue weighted by atomic mass is 10.0. The second kappa shape index (κ2) is 5.51. The Kier molecular flexibility index (Phi) is 3.76. The van der Waals surface area contributed by atoms with E-state index in [2.05, 4.69) is 29.3 Å². The summed E-state index contributed by atoms with van der Waals surface area (Å²) in [4.78, 5) is 2.65. The second-order valence-corrected chi connectivity index (χ2v) is 5.77. The van der Waals surface area contributed by atoms with Crippen LogP contribution in [-0.2, 0) is 0 Å². The highest BCUT2D eigenvalue weighted by Crippen LogP contribution is 2.31. The molecule has 1 aromatic rings. The molecule has 2 fully saturated rings. The first kappa shape index (κ1) is 12.9. The third-order valence-corrected chi connectivity index (χ3v) is 4.68. The minimum absolute atomic E-state index is 0.349. The van der Waals surface area contributed by atoms with Crippen LogP contribution in [0.3, 0.4) is 0 Å². The third kappa shape index (κ3) is 2.49. The van der Waals surface area contributed by atoms with Gasteiger partial charge in [-0.05, 0) is 38.8 Å². The van der Waals surface area contributed by atoms with Crippen LogP contribution in [0.15, 0.2) is 24.3 Å². The van der Waals surface area contributed by atoms with Crippen molar-refractivity contribution in [1.29, 1.82) is 0 Å². The second-order valence-electron chi connectivity index (χ2n) is 5.77. The summed E-state index contributed by atoms with van der Waals surface area (Å²) < 4.78 is 5.47. The molecule has 0 bridgehead atoms. The first-order chi connectivity index (χ1) is 9.29. The summed E-state index contributed by atoms with van der Waals surface area (Å²) in [7, 11) is 1.75. The molecule has 0 saturated carbocycles. The smallest absolute Gasteiger partial charge is 0.123 e. The van der Waals surface area contributed by atoms with Gasteiger partial charge in [-0.25, -0.2) is 0 Å². The summed E-state index contributed by atoms with van der Waals surface area (Å²) in [5.41, 5.74) is 1.27. The van der Waals surface area contributed by atoms with Gasteiger partial charge < -0.3 is 10.1 Å². The number of nitrogens with one attached hydrogen (secondary N) is 1. The Morgan fingerprint density at radius 1 is 1.26 bits per heavy atom. The molecule has 2 aliphatic heterocycles. The summed E-state index contributed by atoms with van der Waals surface area (Å²) >= 11 is 0. The van der Waals surface area contributed by atoms with Gasteiger partial charge in [-0.1, -0.05) is 18.2 Å². The van der Waals surface area contributed by atoms with Crippen molar-refractivity contribution in [3.05, 3.63) is 29.8 Å². The molecule has 1 N–H and O–H groups in total. The molecular weight excluding hydrogens is 236 g/mol. The summed E-state index contributed by atoms with van der Waals surface area (Å²) in [5.74, 6) is 0.990. The number of hydrogen-bond acceptors (Lipinski definition) is 3. The fourth-order valence-electron chi connectivity index (χ4n) is 3.71. The van der Waals surface area contributed by atoms with Gasteiger partial charge in [-0.3, -0.25) is 4.90 Å². The van der Waals surface area contributed by atoms with Crippen molar-refractivity contribution < 1.29 is 4.74 Å². The van der Waals surface area contributed by atoms with Gasteiger partial charge in [-0.15, -0.1) is 0 Å². The van der Waals surface area contributed by atoms with Crippen LogP contribution >= 0.6 is 0 Å². The minimum atomic E-state index is 0.349. The molecule has 3 heteroatoms. The highest BCUT2D eigenvalue weighted by atomic mass is 16.5. The average molecular weight is 260 g/mol. The Balaban J connectivity index is 1.69. The Bertz CT molecular complexity index is 435. The summed E-state index contributed by atoms with van der Waals surface area (Å²) in [6.07, 6.45) is 4.01. The van der Waals surface area contributed by atoms with Gasteiger partial charge in [0, 0.05) is 30.2 Å². The van der Waals surface area contributed by atoms with Gasteiger partial charge in [0.2, 0.25) is 0 Å². The number of para-hydroxylation sites is 1. The SMILES string of the molecule is COc1ccccc1C(C)NC1CCN2CCCC12. The number of methoxy groups -OCH3 is 1. The standard InChI is InChI=1S/C16H24N2O/c1-12(13-6-3-4-8-16(13)19-2)17-14-9-11-18-10-5-7-15(14)18/h3-4,6,8,12,14-15,17H,5,7,9-11H2,1-2H3. The lowest BCUT2D eigenvalue weighted by molar-refractivity contribution is 0.290. The van der Waals surface area contributed by atoms with E-state index >= 15 is 0 Å². The molecule has 0 aliphatic carbocycles. The van der Waals surface area contributed by atoms with Gasteiger partial charge >= 0.3 is 0 Å². The first-order valence-electron chi connectivity index (χ1n) is 7.42. The highest BCUT2D eigenvalue weighted by Gasteiger charge is 2.37. The summed E-state index contributed by atoms with van der Waals surface area (Å²) in [5, 5.41) is 3.82.